The first-order valence-corrected chi connectivity index (χ1v) is 12.5. The monoisotopic (exact) mass is 555 g/mol. The van der Waals surface area contributed by atoms with Gasteiger partial charge in [0, 0.05) is 4.88 Å². The highest BCUT2D eigenvalue weighted by Crippen LogP contribution is 2.39. The lowest BCUT2D eigenvalue weighted by molar-refractivity contribution is -0.136. The Balaban J connectivity index is 1.34. The highest BCUT2D eigenvalue weighted by Gasteiger charge is 2.29. The van der Waals surface area contributed by atoms with Crippen molar-refractivity contribution in [1.82, 2.24) is 5.43 Å². The number of rotatable bonds is 9. The van der Waals surface area contributed by atoms with Crippen LogP contribution in [0, 0.1) is 0 Å². The van der Waals surface area contributed by atoms with Gasteiger partial charge in [-0.2, -0.15) is 5.10 Å². The molecule has 0 saturated heterocycles. The zero-order valence-electron chi connectivity index (χ0n) is 21.3. The second kappa shape index (κ2) is 12.3. The Morgan fingerprint density at radius 2 is 1.79 bits per heavy atom. The van der Waals surface area contributed by atoms with E-state index in [0.29, 0.717) is 28.4 Å². The minimum absolute atomic E-state index is 0.0386. The Morgan fingerprint density at radius 1 is 1.00 bits per heavy atom. The predicted molar refractivity (Wildman–Crippen MR) is 139 cm³/mol. The van der Waals surface area contributed by atoms with Gasteiger partial charge in [0.15, 0.2) is 11.5 Å². The number of aryl methyl sites for hydroxylation is 1. The number of esters is 2. The standard InChI is InChI=1S/C26H25N3O9S/c1-34-19-11-14(7-9-17(19)37-13-15-8-10-18(38-15)25(32)35-2)12-27-29-23(31)22(30)28-24-21(26(33)36-3)16-5-4-6-20(16)39-24/h7-12H,4-6,13H2,1-3H3,(H,28,30)(H,29,31)/b27-12+. The topological polar surface area (TPSA) is 155 Å². The van der Waals surface area contributed by atoms with Crippen molar-refractivity contribution in [1.29, 1.82) is 0 Å². The maximum absolute atomic E-state index is 12.4. The van der Waals surface area contributed by atoms with Crippen molar-refractivity contribution in [2.24, 2.45) is 5.10 Å². The molecule has 0 unspecified atom stereocenters. The largest absolute Gasteiger partial charge is 0.493 e. The molecule has 3 aromatic rings. The number of anilines is 1. The Labute approximate surface area is 226 Å². The second-order valence-corrected chi connectivity index (χ2v) is 9.27. The first-order valence-electron chi connectivity index (χ1n) is 11.7. The van der Waals surface area contributed by atoms with Gasteiger partial charge >= 0.3 is 23.8 Å². The number of thiophene rings is 1. The van der Waals surface area contributed by atoms with Crippen molar-refractivity contribution in [3.05, 3.63) is 63.4 Å². The number of benzene rings is 1. The van der Waals surface area contributed by atoms with E-state index in [0.717, 1.165) is 29.7 Å². The average Bonchev–Trinajstić information content (AvgIpc) is 3.68. The molecule has 1 aromatic carbocycles. The molecule has 0 radical (unpaired) electrons. The third-order valence-corrected chi connectivity index (χ3v) is 6.94. The predicted octanol–water partition coefficient (Wildman–Crippen LogP) is 3.08. The number of hydrogen-bond donors (Lipinski definition) is 2. The Hall–Kier alpha value is -4.65. The van der Waals surface area contributed by atoms with E-state index >= 15 is 0 Å². The molecule has 1 aliphatic rings. The second-order valence-electron chi connectivity index (χ2n) is 8.16. The van der Waals surface area contributed by atoms with Gasteiger partial charge in [0.25, 0.3) is 0 Å². The van der Waals surface area contributed by atoms with E-state index in [-0.39, 0.29) is 17.4 Å². The zero-order valence-corrected chi connectivity index (χ0v) is 22.1. The molecule has 12 nitrogen and oxygen atoms in total. The number of amides is 2. The van der Waals surface area contributed by atoms with Crippen LogP contribution in [0.15, 0.2) is 39.9 Å². The molecule has 2 aromatic heterocycles. The first kappa shape index (κ1) is 27.4. The van der Waals surface area contributed by atoms with E-state index < -0.39 is 23.8 Å². The number of carbonyl (C=O) groups excluding carboxylic acids is 4. The summed E-state index contributed by atoms with van der Waals surface area (Å²) in [5.74, 6) is -1.86. The van der Waals surface area contributed by atoms with Crippen LogP contribution in [0.3, 0.4) is 0 Å². The Morgan fingerprint density at radius 3 is 2.54 bits per heavy atom. The van der Waals surface area contributed by atoms with Crippen molar-refractivity contribution in [2.75, 3.05) is 26.6 Å². The van der Waals surface area contributed by atoms with Crippen LogP contribution in [0.1, 0.15) is 49.1 Å². The molecule has 1 aliphatic carbocycles. The molecule has 0 saturated carbocycles. The molecular weight excluding hydrogens is 530 g/mol. The van der Waals surface area contributed by atoms with E-state index in [1.807, 2.05) is 0 Å². The smallest absolute Gasteiger partial charge is 0.373 e. The lowest BCUT2D eigenvalue weighted by Gasteiger charge is -2.10. The van der Waals surface area contributed by atoms with Crippen LogP contribution in [0.4, 0.5) is 5.00 Å². The van der Waals surface area contributed by atoms with E-state index in [1.165, 1.54) is 44.9 Å². The normalized spacial score (nSPS) is 12.1. The number of ether oxygens (including phenoxy) is 4. The zero-order chi connectivity index (χ0) is 27.9. The van der Waals surface area contributed by atoms with Crippen LogP contribution in [-0.4, -0.2) is 51.3 Å². The molecule has 4 rings (SSSR count). The van der Waals surface area contributed by atoms with Crippen LogP contribution < -0.4 is 20.2 Å². The maximum Gasteiger partial charge on any atom is 0.373 e. The quantitative estimate of drug-likeness (QED) is 0.175. The molecule has 0 atom stereocenters. The van der Waals surface area contributed by atoms with Crippen molar-refractivity contribution < 1.29 is 42.5 Å². The summed E-state index contributed by atoms with van der Waals surface area (Å²) in [5, 5.41) is 6.60. The van der Waals surface area contributed by atoms with E-state index in [4.69, 9.17) is 18.6 Å². The number of fused-ring (bicyclic) bond motifs is 1. The number of hydrogen-bond acceptors (Lipinski definition) is 11. The van der Waals surface area contributed by atoms with Crippen molar-refractivity contribution >= 4 is 46.3 Å². The van der Waals surface area contributed by atoms with Crippen molar-refractivity contribution in [3.63, 3.8) is 0 Å². The number of furan rings is 1. The summed E-state index contributed by atoms with van der Waals surface area (Å²) in [7, 11) is 3.98. The van der Waals surface area contributed by atoms with Crippen LogP contribution in [0.25, 0.3) is 0 Å². The third-order valence-electron chi connectivity index (χ3n) is 5.73. The summed E-state index contributed by atoms with van der Waals surface area (Å²) in [6.07, 6.45) is 3.78. The Bertz CT molecular complexity index is 1440. The van der Waals surface area contributed by atoms with Gasteiger partial charge in [-0.05, 0) is 60.7 Å². The number of hydrazone groups is 1. The molecule has 0 spiro atoms. The van der Waals surface area contributed by atoms with Crippen molar-refractivity contribution in [3.8, 4) is 11.5 Å². The Kier molecular flexibility index (Phi) is 8.61. The van der Waals surface area contributed by atoms with Crippen molar-refractivity contribution in [2.45, 2.75) is 25.9 Å². The highest BCUT2D eigenvalue weighted by molar-refractivity contribution is 7.17. The molecule has 39 heavy (non-hydrogen) atoms. The SMILES string of the molecule is COC(=O)c1ccc(COc2ccc(/C=N/NC(=O)C(=O)Nc3sc4c(c3C(=O)OC)CCC4)cc2OC)o1. The summed E-state index contributed by atoms with van der Waals surface area (Å²) in [4.78, 5) is 49.5. The number of carbonyl (C=O) groups is 4. The summed E-state index contributed by atoms with van der Waals surface area (Å²) in [6, 6.07) is 7.98. The van der Waals surface area contributed by atoms with Gasteiger partial charge in [-0.15, -0.1) is 11.3 Å². The summed E-state index contributed by atoms with van der Waals surface area (Å²) in [6.45, 7) is 0.0386. The highest BCUT2D eigenvalue weighted by atomic mass is 32.1. The fourth-order valence-electron chi connectivity index (χ4n) is 3.88. The van der Waals surface area contributed by atoms with Gasteiger partial charge in [0.05, 0.1) is 33.1 Å². The fourth-order valence-corrected chi connectivity index (χ4v) is 5.16. The lowest BCUT2D eigenvalue weighted by Crippen LogP contribution is -2.32. The van der Waals surface area contributed by atoms with Crippen LogP contribution >= 0.6 is 11.3 Å². The van der Waals surface area contributed by atoms with Gasteiger partial charge in [-0.1, -0.05) is 0 Å². The molecule has 204 valence electrons. The minimum Gasteiger partial charge on any atom is -0.493 e. The molecule has 0 aliphatic heterocycles. The van der Waals surface area contributed by atoms with E-state index in [1.54, 1.807) is 24.3 Å². The summed E-state index contributed by atoms with van der Waals surface area (Å²) >= 11 is 1.27. The molecule has 0 bridgehead atoms. The number of nitrogens with zero attached hydrogens (tertiary/aromatic N) is 1. The average molecular weight is 556 g/mol. The number of methoxy groups -OCH3 is 3. The molecule has 2 N–H and O–H groups in total. The van der Waals surface area contributed by atoms with E-state index in [2.05, 4.69) is 20.6 Å². The van der Waals surface area contributed by atoms with Gasteiger partial charge < -0.3 is 28.7 Å². The van der Waals surface area contributed by atoms with Gasteiger partial charge in [0.2, 0.25) is 5.76 Å². The van der Waals surface area contributed by atoms with Gasteiger partial charge in [-0.3, -0.25) is 9.59 Å². The fraction of sp³-hybridized carbons (Fsp3) is 0.269. The number of nitrogens with one attached hydrogen (secondary N) is 2. The molecular formula is C26H25N3O9S. The molecule has 13 heteroatoms. The molecule has 2 heterocycles. The van der Waals surface area contributed by atoms with Gasteiger partial charge in [0.1, 0.15) is 17.4 Å². The minimum atomic E-state index is -1.01. The lowest BCUT2D eigenvalue weighted by atomic mass is 10.1. The molecule has 0 fully saturated rings. The van der Waals surface area contributed by atoms with Crippen LogP contribution in [0.2, 0.25) is 0 Å². The van der Waals surface area contributed by atoms with Crippen LogP contribution in [-0.2, 0) is 38.5 Å². The van der Waals surface area contributed by atoms with Gasteiger partial charge in [-0.25, -0.2) is 15.0 Å². The third kappa shape index (κ3) is 6.26. The summed E-state index contributed by atoms with van der Waals surface area (Å²) < 4.78 is 25.9. The first-order chi connectivity index (χ1) is 18.8. The van der Waals surface area contributed by atoms with E-state index in [9.17, 15) is 19.2 Å². The van der Waals surface area contributed by atoms with Crippen LogP contribution in [0.5, 0.6) is 11.5 Å². The summed E-state index contributed by atoms with van der Waals surface area (Å²) in [5.41, 5.74) is 3.87. The maximum atomic E-state index is 12.4. The molecule has 2 amide bonds.